The molecular weight excluding hydrogens is 318 g/mol. The van der Waals surface area contributed by atoms with Crippen molar-refractivity contribution in [3.8, 4) is 0 Å². The molecule has 1 aliphatic heterocycles. The summed E-state index contributed by atoms with van der Waals surface area (Å²) in [5.41, 5.74) is 1.39. The van der Waals surface area contributed by atoms with Gasteiger partial charge in [0.05, 0.1) is 17.5 Å². The summed E-state index contributed by atoms with van der Waals surface area (Å²) in [5, 5.41) is 1.14. The molecule has 116 valence electrons. The monoisotopic (exact) mass is 329 g/mol. The fraction of sp³-hybridized carbons (Fsp3) is 0.118. The Balaban J connectivity index is 1.62. The predicted molar refractivity (Wildman–Crippen MR) is 82.8 cm³/mol. The van der Waals surface area contributed by atoms with Crippen LogP contribution in [0.2, 0.25) is 5.02 Å². The van der Waals surface area contributed by atoms with Gasteiger partial charge in [0.25, 0.3) is 11.8 Å². The standard InChI is InChI=1S/C17H12ClNO4/c18-12-8-5-11(6-9-12)7-10-15(20)23-19-16(21)13-3-1-2-4-14(13)17(19)22/h1-6,8-9H,7,10H2. The maximum atomic E-state index is 12.1. The number of benzene rings is 2. The molecular formula is C17H12ClNO4. The van der Waals surface area contributed by atoms with Crippen LogP contribution >= 0.6 is 11.6 Å². The molecule has 5 nitrogen and oxygen atoms in total. The SMILES string of the molecule is O=C(CCc1ccc(Cl)cc1)ON1C(=O)c2ccccc2C1=O. The average molecular weight is 330 g/mol. The largest absolute Gasteiger partial charge is 0.333 e. The molecule has 0 atom stereocenters. The molecule has 0 aliphatic carbocycles. The van der Waals surface area contributed by atoms with Crippen LogP contribution in [0.25, 0.3) is 0 Å². The molecule has 0 fully saturated rings. The lowest BCUT2D eigenvalue weighted by molar-refractivity contribution is -0.168. The van der Waals surface area contributed by atoms with E-state index in [2.05, 4.69) is 0 Å². The Morgan fingerprint density at radius 3 is 2.09 bits per heavy atom. The van der Waals surface area contributed by atoms with Crippen molar-refractivity contribution in [2.45, 2.75) is 12.8 Å². The van der Waals surface area contributed by atoms with Crippen molar-refractivity contribution in [2.75, 3.05) is 0 Å². The molecule has 0 N–H and O–H groups in total. The second kappa shape index (κ2) is 6.22. The van der Waals surface area contributed by atoms with Crippen LogP contribution in [0, 0.1) is 0 Å². The summed E-state index contributed by atoms with van der Waals surface area (Å²) >= 11 is 5.79. The number of carbonyl (C=O) groups is 3. The van der Waals surface area contributed by atoms with E-state index in [-0.39, 0.29) is 17.5 Å². The number of carbonyl (C=O) groups excluding carboxylic acids is 3. The Morgan fingerprint density at radius 2 is 1.52 bits per heavy atom. The first-order chi connectivity index (χ1) is 11.1. The molecule has 1 aliphatic rings. The lowest BCUT2D eigenvalue weighted by atomic mass is 10.1. The Labute approximate surface area is 137 Å². The maximum Gasteiger partial charge on any atom is 0.333 e. The summed E-state index contributed by atoms with van der Waals surface area (Å²) in [6, 6.07) is 13.4. The van der Waals surface area contributed by atoms with Crippen LogP contribution in [0.15, 0.2) is 48.5 Å². The summed E-state index contributed by atoms with van der Waals surface area (Å²) < 4.78 is 0. The van der Waals surface area contributed by atoms with Gasteiger partial charge in [-0.05, 0) is 36.2 Å². The van der Waals surface area contributed by atoms with Crippen molar-refractivity contribution < 1.29 is 19.2 Å². The van der Waals surface area contributed by atoms with Gasteiger partial charge < -0.3 is 4.84 Å². The molecule has 0 saturated carbocycles. The number of nitrogens with zero attached hydrogens (tertiary/aromatic N) is 1. The molecule has 3 rings (SSSR count). The summed E-state index contributed by atoms with van der Waals surface area (Å²) in [4.78, 5) is 41.0. The van der Waals surface area contributed by atoms with Gasteiger partial charge in [-0.2, -0.15) is 0 Å². The van der Waals surface area contributed by atoms with Gasteiger partial charge in [0.15, 0.2) is 0 Å². The number of imide groups is 1. The van der Waals surface area contributed by atoms with Crippen molar-refractivity contribution in [3.63, 3.8) is 0 Å². The van der Waals surface area contributed by atoms with E-state index in [1.54, 1.807) is 36.4 Å². The van der Waals surface area contributed by atoms with Crippen LogP contribution in [0.4, 0.5) is 0 Å². The zero-order valence-electron chi connectivity index (χ0n) is 12.0. The highest BCUT2D eigenvalue weighted by molar-refractivity contribution is 6.30. The van der Waals surface area contributed by atoms with Crippen LogP contribution in [0.3, 0.4) is 0 Å². The first-order valence-corrected chi connectivity index (χ1v) is 7.37. The Bertz CT molecular complexity index is 750. The van der Waals surface area contributed by atoms with E-state index in [4.69, 9.17) is 16.4 Å². The number of hydroxylamine groups is 2. The minimum absolute atomic E-state index is 0.0506. The van der Waals surface area contributed by atoms with E-state index < -0.39 is 17.8 Å². The first-order valence-electron chi connectivity index (χ1n) is 6.99. The minimum atomic E-state index is -0.644. The molecule has 0 unspecified atom stereocenters. The third-order valence-electron chi connectivity index (χ3n) is 3.48. The molecule has 0 saturated heterocycles. The van der Waals surface area contributed by atoms with Gasteiger partial charge in [-0.1, -0.05) is 40.9 Å². The van der Waals surface area contributed by atoms with Crippen LogP contribution in [-0.2, 0) is 16.1 Å². The summed E-state index contributed by atoms with van der Waals surface area (Å²) in [5.74, 6) is -1.88. The van der Waals surface area contributed by atoms with E-state index in [0.717, 1.165) is 5.56 Å². The van der Waals surface area contributed by atoms with Crippen molar-refractivity contribution >= 4 is 29.4 Å². The van der Waals surface area contributed by atoms with E-state index in [9.17, 15) is 14.4 Å². The van der Waals surface area contributed by atoms with E-state index >= 15 is 0 Å². The lowest BCUT2D eigenvalue weighted by Crippen LogP contribution is -2.32. The molecule has 2 aromatic rings. The Morgan fingerprint density at radius 1 is 0.957 bits per heavy atom. The first kappa shape index (κ1) is 15.2. The number of hydrogen-bond acceptors (Lipinski definition) is 4. The molecule has 1 heterocycles. The maximum absolute atomic E-state index is 12.1. The average Bonchev–Trinajstić information content (AvgIpc) is 2.80. The summed E-state index contributed by atoms with van der Waals surface area (Å²) in [7, 11) is 0. The zero-order valence-corrected chi connectivity index (χ0v) is 12.7. The molecule has 6 heteroatoms. The highest BCUT2D eigenvalue weighted by Gasteiger charge is 2.38. The predicted octanol–water partition coefficient (Wildman–Crippen LogP) is 3.03. The van der Waals surface area contributed by atoms with Crippen molar-refractivity contribution in [3.05, 3.63) is 70.2 Å². The van der Waals surface area contributed by atoms with Crippen molar-refractivity contribution in [1.82, 2.24) is 5.06 Å². The van der Waals surface area contributed by atoms with Gasteiger partial charge in [-0.15, -0.1) is 0 Å². The topological polar surface area (TPSA) is 63.7 Å². The second-order valence-electron chi connectivity index (χ2n) is 5.04. The van der Waals surface area contributed by atoms with Crippen LogP contribution in [0.1, 0.15) is 32.7 Å². The van der Waals surface area contributed by atoms with Gasteiger partial charge in [-0.3, -0.25) is 9.59 Å². The Kier molecular flexibility index (Phi) is 4.12. The molecule has 2 aromatic carbocycles. The van der Waals surface area contributed by atoms with Gasteiger partial charge in [0.2, 0.25) is 0 Å². The quantitative estimate of drug-likeness (QED) is 0.809. The normalized spacial score (nSPS) is 13.2. The van der Waals surface area contributed by atoms with E-state index in [1.165, 1.54) is 12.1 Å². The molecule has 0 bridgehead atoms. The third kappa shape index (κ3) is 3.10. The summed E-state index contributed by atoms with van der Waals surface area (Å²) in [6.45, 7) is 0. The van der Waals surface area contributed by atoms with Crippen LogP contribution in [0.5, 0.6) is 0 Å². The molecule has 0 aromatic heterocycles. The summed E-state index contributed by atoms with van der Waals surface area (Å²) in [6.07, 6.45) is 0.480. The van der Waals surface area contributed by atoms with Crippen molar-refractivity contribution in [2.24, 2.45) is 0 Å². The Hall–Kier alpha value is -2.66. The number of fused-ring (bicyclic) bond motifs is 1. The number of rotatable bonds is 4. The smallest absolute Gasteiger partial charge is 0.330 e. The lowest BCUT2D eigenvalue weighted by Gasteiger charge is -2.12. The van der Waals surface area contributed by atoms with Crippen LogP contribution < -0.4 is 0 Å². The molecule has 0 spiro atoms. The van der Waals surface area contributed by atoms with Gasteiger partial charge in [-0.25, -0.2) is 4.79 Å². The zero-order chi connectivity index (χ0) is 16.4. The van der Waals surface area contributed by atoms with E-state index in [1.807, 2.05) is 0 Å². The highest BCUT2D eigenvalue weighted by Crippen LogP contribution is 2.23. The molecule has 23 heavy (non-hydrogen) atoms. The number of hydrogen-bond donors (Lipinski definition) is 0. The molecule has 0 radical (unpaired) electrons. The van der Waals surface area contributed by atoms with Crippen molar-refractivity contribution in [1.29, 1.82) is 0 Å². The van der Waals surface area contributed by atoms with E-state index in [0.29, 0.717) is 16.5 Å². The van der Waals surface area contributed by atoms with Gasteiger partial charge in [0, 0.05) is 5.02 Å². The third-order valence-corrected chi connectivity index (χ3v) is 3.73. The van der Waals surface area contributed by atoms with Crippen LogP contribution in [-0.4, -0.2) is 22.8 Å². The van der Waals surface area contributed by atoms with Gasteiger partial charge in [0.1, 0.15) is 0 Å². The fourth-order valence-corrected chi connectivity index (χ4v) is 2.42. The second-order valence-corrected chi connectivity index (χ2v) is 5.48. The number of amides is 2. The highest BCUT2D eigenvalue weighted by atomic mass is 35.5. The fourth-order valence-electron chi connectivity index (χ4n) is 2.29. The number of halogens is 1. The van der Waals surface area contributed by atoms with Gasteiger partial charge >= 0.3 is 5.97 Å². The minimum Gasteiger partial charge on any atom is -0.330 e. The molecule has 2 amide bonds. The number of aryl methyl sites for hydroxylation is 1.